The van der Waals surface area contributed by atoms with Gasteiger partial charge in [-0.2, -0.15) is 0 Å². The number of allylic oxidation sites excluding steroid dienone is 1. The lowest BCUT2D eigenvalue weighted by Crippen LogP contribution is -2.60. The molecule has 5 heterocycles. The number of fused-ring (bicyclic) bond motifs is 5. The number of hydrogen-bond donors (Lipinski definition) is 14. The fourth-order valence-electron chi connectivity index (χ4n) is 16.9. The quantitative estimate of drug-likeness (QED) is 0.0601. The molecule has 0 aromatic heterocycles. The van der Waals surface area contributed by atoms with Crippen LogP contribution in [0.3, 0.4) is 0 Å². The summed E-state index contributed by atoms with van der Waals surface area (Å²) in [6.45, 7) is 16.0. The van der Waals surface area contributed by atoms with E-state index in [9.17, 15) is 66.4 Å². The van der Waals surface area contributed by atoms with E-state index in [-0.39, 0.29) is 73.1 Å². The highest BCUT2D eigenvalue weighted by Gasteiger charge is 2.68. The third-order valence-corrected chi connectivity index (χ3v) is 22.2. The topological polar surface area (TPSA) is 376 Å². The number of aliphatic hydroxyl groups is 14. The first-order valence-electron chi connectivity index (χ1n) is 31.1. The lowest BCUT2D eigenvalue weighted by Gasteiger charge is -2.66. The first-order chi connectivity index (χ1) is 40.0. The maximum Gasteiger partial charge on any atom is 0.187 e. The van der Waals surface area contributed by atoms with Crippen molar-refractivity contribution in [3.8, 4) is 12.0 Å². The van der Waals surface area contributed by atoms with E-state index in [4.69, 9.17) is 52.5 Å². The largest absolute Gasteiger partial charge is 0.462 e. The Morgan fingerprint density at radius 1 is 0.612 bits per heavy atom. The van der Waals surface area contributed by atoms with E-state index < -0.39 is 159 Å². The Morgan fingerprint density at radius 3 is 1.88 bits per heavy atom. The van der Waals surface area contributed by atoms with Crippen molar-refractivity contribution >= 4 is 0 Å². The summed E-state index contributed by atoms with van der Waals surface area (Å²) in [7, 11) is 0. The molecule has 24 heteroatoms. The van der Waals surface area contributed by atoms with Crippen LogP contribution in [0.4, 0.5) is 0 Å². The number of hydrogen-bond acceptors (Lipinski definition) is 24. The number of ether oxygens (including phenoxy) is 10. The molecule has 3 saturated carbocycles. The Labute approximate surface area is 498 Å². The van der Waals surface area contributed by atoms with E-state index in [0.29, 0.717) is 31.1 Å². The minimum Gasteiger partial charge on any atom is -0.462 e. The first-order valence-corrected chi connectivity index (χ1v) is 31.1. The van der Waals surface area contributed by atoms with Gasteiger partial charge in [-0.15, -0.1) is 0 Å². The van der Waals surface area contributed by atoms with Crippen molar-refractivity contribution in [2.75, 3.05) is 26.4 Å². The summed E-state index contributed by atoms with van der Waals surface area (Å²) in [6.07, 6.45) is -16.8. The van der Waals surface area contributed by atoms with Gasteiger partial charge in [0.05, 0.1) is 87.0 Å². The van der Waals surface area contributed by atoms with E-state index >= 15 is 0 Å². The van der Waals surface area contributed by atoms with Crippen LogP contribution in [0, 0.1) is 57.4 Å². The molecule has 0 amide bonds. The first kappa shape index (κ1) is 67.6. The third-order valence-electron chi connectivity index (χ3n) is 22.2. The molecule has 9 aliphatic rings. The fourth-order valence-corrected chi connectivity index (χ4v) is 16.9. The van der Waals surface area contributed by atoms with E-state index in [0.717, 1.165) is 38.5 Å². The fraction of sp³-hybridized carbons (Fsp3) is 0.934. The lowest BCUT2D eigenvalue weighted by atomic mass is 9.39. The molecule has 6 unspecified atom stereocenters. The van der Waals surface area contributed by atoms with Gasteiger partial charge in [-0.25, -0.2) is 0 Å². The lowest BCUT2D eigenvalue weighted by molar-refractivity contribution is -0.360. The van der Waals surface area contributed by atoms with Crippen LogP contribution in [0.1, 0.15) is 139 Å². The standard InChI is InChI=1S/C61H100O24/c1-29(9-13-45(58(4,5)75)84-56-51(85-55-47(71)37(66)21-30(25-63)78-55)39(68)23-32(80-56)28-77-53-50(74)49(73)48(72)41(81-53)16-20-62)33-15-17-61(8)43-12-10-34-35(59(43,6)18-19-60(33,61)7)11-14-44(57(34,2)3)83-54-46(70)38(67)22-31(79-54)27-76-52-40(69)24-36(65)42(26-64)82-52/h10,29-33,35-56,62-75H,9,11-15,17-19,21-28H2,1-8H3/t29-,30?,31+,32+,33?,35?,36+,37+,38+,39+,40-,41-,42-,43?,44+,45-,46-,47-,48-,49+,50-,51?,52+,53?,54+,55+,56+,59+,60-,61+/m1/s1. The molecule has 0 radical (unpaired) electrons. The van der Waals surface area contributed by atoms with Crippen LogP contribution in [0.15, 0.2) is 11.6 Å². The smallest absolute Gasteiger partial charge is 0.187 e. The van der Waals surface area contributed by atoms with E-state index in [1.165, 1.54) is 5.57 Å². The minimum atomic E-state index is -1.74. The van der Waals surface area contributed by atoms with Crippen molar-refractivity contribution in [1.29, 1.82) is 0 Å². The van der Waals surface area contributed by atoms with Gasteiger partial charge in [0.2, 0.25) is 0 Å². The van der Waals surface area contributed by atoms with Crippen molar-refractivity contribution in [3.05, 3.63) is 11.6 Å². The van der Waals surface area contributed by atoms with Gasteiger partial charge in [-0.1, -0.05) is 53.2 Å². The summed E-state index contributed by atoms with van der Waals surface area (Å²) in [4.78, 5) is 0. The van der Waals surface area contributed by atoms with E-state index in [1.54, 1.807) is 20.0 Å². The molecule has 85 heavy (non-hydrogen) atoms. The highest BCUT2D eigenvalue weighted by atomic mass is 16.8. The SMILES string of the molecule is C[C@H](CC[C@@H](O[C@@H]1O[C@H](COC2O[C@H](C#CO)[C@@H](O)[C@H](O)[C@H]2O)C[C@H](O)C1O[C@@H]1OC(CO)C[C@H](O)[C@H]1O)C(C)(C)O)C1CC[C@@]2(C)C3CC=C4C(CC[C@H](O[C@@H]5O[C@H](CO[C@H]6O[C@H](CO)[C@@H](O)C[C@H]6O)C[C@H](O)[C@H]5O)C4(C)C)[C@]3(C)CC[C@]12C. The van der Waals surface area contributed by atoms with Crippen LogP contribution in [0.25, 0.3) is 0 Å². The minimum absolute atomic E-state index is 0.0127. The molecular weight excluding hydrogens is 1120 g/mol. The van der Waals surface area contributed by atoms with Crippen LogP contribution < -0.4 is 0 Å². The maximum atomic E-state index is 11.9. The summed E-state index contributed by atoms with van der Waals surface area (Å²) in [5.74, 6) is 3.40. The van der Waals surface area contributed by atoms with Gasteiger partial charge in [-0.05, 0) is 117 Å². The molecule has 0 bridgehead atoms. The number of aliphatic hydroxyl groups excluding tert-OH is 13. The van der Waals surface area contributed by atoms with Gasteiger partial charge in [0.1, 0.15) is 54.9 Å². The Kier molecular flexibility index (Phi) is 21.3. The highest BCUT2D eigenvalue weighted by Crippen LogP contribution is 2.75. The second-order valence-corrected chi connectivity index (χ2v) is 28.2. The average molecular weight is 1220 g/mol. The zero-order chi connectivity index (χ0) is 61.9. The zero-order valence-electron chi connectivity index (χ0n) is 50.5. The molecule has 9 rings (SSSR count). The van der Waals surface area contributed by atoms with Gasteiger partial charge >= 0.3 is 0 Å². The molecule has 5 aliphatic heterocycles. The zero-order valence-corrected chi connectivity index (χ0v) is 50.5. The second kappa shape index (κ2) is 26.8. The Balaban J connectivity index is 0.857. The predicted molar refractivity (Wildman–Crippen MR) is 296 cm³/mol. The molecule has 0 spiro atoms. The molecule has 5 saturated heterocycles. The van der Waals surface area contributed by atoms with E-state index in [1.807, 2.05) is 0 Å². The molecule has 14 N–H and O–H groups in total. The molecule has 4 aliphatic carbocycles. The van der Waals surface area contributed by atoms with Gasteiger partial charge < -0.3 is 119 Å². The summed E-state index contributed by atoms with van der Waals surface area (Å²) < 4.78 is 60.9. The molecular formula is C61H100O24. The van der Waals surface area contributed by atoms with Crippen molar-refractivity contribution in [2.45, 2.75) is 286 Å². The molecule has 0 aromatic rings. The third kappa shape index (κ3) is 13.5. The second-order valence-electron chi connectivity index (χ2n) is 28.2. The van der Waals surface area contributed by atoms with Crippen molar-refractivity contribution in [1.82, 2.24) is 0 Å². The van der Waals surface area contributed by atoms with Gasteiger partial charge in [0.25, 0.3) is 0 Å². The molecule has 24 nitrogen and oxygen atoms in total. The van der Waals surface area contributed by atoms with Crippen LogP contribution in [0.5, 0.6) is 0 Å². The summed E-state index contributed by atoms with van der Waals surface area (Å²) in [6, 6.07) is 0. The summed E-state index contributed by atoms with van der Waals surface area (Å²) >= 11 is 0. The van der Waals surface area contributed by atoms with Crippen LogP contribution in [0.2, 0.25) is 0 Å². The monoisotopic (exact) mass is 1220 g/mol. The van der Waals surface area contributed by atoms with Crippen molar-refractivity contribution < 1.29 is 119 Å². The van der Waals surface area contributed by atoms with Gasteiger partial charge in [0.15, 0.2) is 37.6 Å². The Hall–Kier alpha value is -1.82. The Bertz CT molecular complexity index is 2290. The van der Waals surface area contributed by atoms with Crippen LogP contribution in [-0.4, -0.2) is 245 Å². The molecule has 8 fully saturated rings. The average Bonchev–Trinajstić information content (AvgIpc) is 1.68. The maximum absolute atomic E-state index is 11.9. The molecule has 488 valence electrons. The van der Waals surface area contributed by atoms with Crippen molar-refractivity contribution in [3.63, 3.8) is 0 Å². The van der Waals surface area contributed by atoms with Gasteiger partial charge in [-0.3, -0.25) is 0 Å². The normalized spacial score (nSPS) is 49.0. The highest BCUT2D eigenvalue weighted by molar-refractivity contribution is 5.30. The molecule has 0 aromatic carbocycles. The van der Waals surface area contributed by atoms with Crippen molar-refractivity contribution in [2.24, 2.45) is 45.3 Å². The van der Waals surface area contributed by atoms with Crippen LogP contribution >= 0.6 is 0 Å². The summed E-state index contributed by atoms with van der Waals surface area (Å²) in [5, 5.41) is 148. The van der Waals surface area contributed by atoms with Gasteiger partial charge in [0, 0.05) is 31.1 Å². The Morgan fingerprint density at radius 2 is 1.24 bits per heavy atom. The predicted octanol–water partition coefficient (Wildman–Crippen LogP) is 0.0795. The molecule has 30 atom stereocenters. The number of rotatable bonds is 19. The summed E-state index contributed by atoms with van der Waals surface area (Å²) in [5.41, 5.74) is -0.620. The van der Waals surface area contributed by atoms with Crippen LogP contribution in [-0.2, 0) is 47.4 Å². The van der Waals surface area contributed by atoms with E-state index in [2.05, 4.69) is 53.5 Å².